The maximum Gasteiger partial charge on any atom is 0.323 e. The quantitative estimate of drug-likeness (QED) is 0.703. The Hall–Kier alpha value is -1.53. The maximum absolute atomic E-state index is 12.0. The van der Waals surface area contributed by atoms with Crippen molar-refractivity contribution in [1.29, 1.82) is 0 Å². The summed E-state index contributed by atoms with van der Waals surface area (Å²) in [7, 11) is 1.52. The van der Waals surface area contributed by atoms with E-state index >= 15 is 0 Å². The molecule has 1 rings (SSSR count). The highest BCUT2D eigenvalue weighted by atomic mass is 32.2. The molecular weight excluding hydrogens is 278 g/mol. The fourth-order valence-electron chi connectivity index (χ4n) is 1.59. The first kappa shape index (κ1) is 16.5. The average Bonchev–Trinajstić information content (AvgIpc) is 2.44. The van der Waals surface area contributed by atoms with Crippen LogP contribution >= 0.6 is 11.8 Å². The van der Waals surface area contributed by atoms with Crippen molar-refractivity contribution < 1.29 is 19.4 Å². The maximum atomic E-state index is 12.0. The predicted octanol–water partition coefficient (Wildman–Crippen LogP) is 1.73. The lowest BCUT2D eigenvalue weighted by atomic mass is 10.3. The molecule has 0 aliphatic carbocycles. The number of carbonyl (C=O) groups is 2. The Labute approximate surface area is 122 Å². The third kappa shape index (κ3) is 6.58. The van der Waals surface area contributed by atoms with E-state index in [0.717, 1.165) is 4.90 Å². The number of nitrogens with zero attached hydrogens (tertiary/aromatic N) is 1. The zero-order valence-corrected chi connectivity index (χ0v) is 12.3. The smallest absolute Gasteiger partial charge is 0.323 e. The average molecular weight is 297 g/mol. The zero-order chi connectivity index (χ0) is 14.8. The van der Waals surface area contributed by atoms with Crippen LogP contribution in [-0.4, -0.2) is 54.4 Å². The Morgan fingerprint density at radius 2 is 2.00 bits per heavy atom. The van der Waals surface area contributed by atoms with Crippen LogP contribution in [0.4, 0.5) is 0 Å². The summed E-state index contributed by atoms with van der Waals surface area (Å²) >= 11 is 1.58. The number of hydrogen-bond acceptors (Lipinski definition) is 4. The summed E-state index contributed by atoms with van der Waals surface area (Å²) in [5.41, 5.74) is 0. The van der Waals surface area contributed by atoms with Crippen LogP contribution in [0, 0.1) is 0 Å². The molecule has 0 heterocycles. The molecule has 0 bridgehead atoms. The molecule has 1 aromatic rings. The monoisotopic (exact) mass is 297 g/mol. The van der Waals surface area contributed by atoms with Crippen molar-refractivity contribution in [2.24, 2.45) is 0 Å². The van der Waals surface area contributed by atoms with Gasteiger partial charge in [0.1, 0.15) is 6.54 Å². The van der Waals surface area contributed by atoms with Crippen LogP contribution in [0.2, 0.25) is 0 Å². The molecule has 0 aliphatic rings. The molecule has 0 radical (unpaired) electrons. The first-order valence-electron chi connectivity index (χ1n) is 6.30. The van der Waals surface area contributed by atoms with Gasteiger partial charge in [-0.2, -0.15) is 0 Å². The van der Waals surface area contributed by atoms with Crippen molar-refractivity contribution in [3.05, 3.63) is 30.3 Å². The topological polar surface area (TPSA) is 66.8 Å². The number of rotatable bonds is 9. The first-order chi connectivity index (χ1) is 9.63. The van der Waals surface area contributed by atoms with Crippen LogP contribution in [0.25, 0.3) is 0 Å². The number of thioether (sulfide) groups is 1. The Morgan fingerprint density at radius 3 is 2.60 bits per heavy atom. The number of carboxylic acids is 1. The SMILES string of the molecule is COCCN(CC(=O)O)C(=O)CCSc1ccccc1. The third-order valence-electron chi connectivity index (χ3n) is 2.57. The third-order valence-corrected chi connectivity index (χ3v) is 3.59. The summed E-state index contributed by atoms with van der Waals surface area (Å²) in [6.45, 7) is 0.362. The van der Waals surface area contributed by atoms with Gasteiger partial charge in [0.25, 0.3) is 0 Å². The van der Waals surface area contributed by atoms with Gasteiger partial charge >= 0.3 is 5.97 Å². The summed E-state index contributed by atoms with van der Waals surface area (Å²) in [6.07, 6.45) is 0.316. The van der Waals surface area contributed by atoms with E-state index in [1.54, 1.807) is 11.8 Å². The summed E-state index contributed by atoms with van der Waals surface area (Å²) in [5.74, 6) is -0.538. The lowest BCUT2D eigenvalue weighted by Crippen LogP contribution is -2.38. The number of amides is 1. The zero-order valence-electron chi connectivity index (χ0n) is 11.4. The fourth-order valence-corrected chi connectivity index (χ4v) is 2.45. The van der Waals surface area contributed by atoms with E-state index in [1.165, 1.54) is 12.0 Å². The molecule has 1 amide bonds. The van der Waals surface area contributed by atoms with E-state index in [9.17, 15) is 9.59 Å². The van der Waals surface area contributed by atoms with Crippen molar-refractivity contribution in [2.75, 3.05) is 32.6 Å². The van der Waals surface area contributed by atoms with Gasteiger partial charge in [0.05, 0.1) is 6.61 Å². The summed E-state index contributed by atoms with van der Waals surface area (Å²) in [4.78, 5) is 25.1. The number of benzene rings is 1. The van der Waals surface area contributed by atoms with Gasteiger partial charge in [-0.1, -0.05) is 18.2 Å². The Kier molecular flexibility index (Phi) is 7.75. The van der Waals surface area contributed by atoms with Gasteiger partial charge in [-0.15, -0.1) is 11.8 Å². The van der Waals surface area contributed by atoms with Gasteiger partial charge in [-0.05, 0) is 12.1 Å². The normalized spacial score (nSPS) is 10.2. The first-order valence-corrected chi connectivity index (χ1v) is 7.28. The fraction of sp³-hybridized carbons (Fsp3) is 0.429. The standard InChI is InChI=1S/C14H19NO4S/c1-19-9-8-15(11-14(17)18)13(16)7-10-20-12-5-3-2-4-6-12/h2-6H,7-11H2,1H3,(H,17,18). The van der Waals surface area contributed by atoms with Gasteiger partial charge in [-0.25, -0.2) is 0 Å². The lowest BCUT2D eigenvalue weighted by Gasteiger charge is -2.20. The molecule has 0 fully saturated rings. The van der Waals surface area contributed by atoms with Crippen molar-refractivity contribution >= 4 is 23.6 Å². The van der Waals surface area contributed by atoms with Crippen LogP contribution in [0.3, 0.4) is 0 Å². The second-order valence-corrected chi connectivity index (χ2v) is 5.28. The molecule has 0 saturated heterocycles. The van der Waals surface area contributed by atoms with Gasteiger partial charge in [0.15, 0.2) is 0 Å². The molecule has 5 nitrogen and oxygen atoms in total. The molecule has 0 aliphatic heterocycles. The highest BCUT2D eigenvalue weighted by Gasteiger charge is 2.16. The molecule has 110 valence electrons. The predicted molar refractivity (Wildman–Crippen MR) is 77.9 cm³/mol. The molecule has 0 unspecified atom stereocenters. The van der Waals surface area contributed by atoms with Crippen LogP contribution in [0.15, 0.2) is 35.2 Å². The number of carbonyl (C=O) groups excluding carboxylic acids is 1. The molecule has 0 saturated carbocycles. The van der Waals surface area contributed by atoms with E-state index in [4.69, 9.17) is 9.84 Å². The minimum Gasteiger partial charge on any atom is -0.480 e. The van der Waals surface area contributed by atoms with Crippen molar-refractivity contribution in [3.8, 4) is 0 Å². The molecule has 1 aromatic carbocycles. The molecule has 0 atom stereocenters. The van der Waals surface area contributed by atoms with Gasteiger partial charge < -0.3 is 14.7 Å². The minimum absolute atomic E-state index is 0.159. The van der Waals surface area contributed by atoms with Crippen molar-refractivity contribution in [1.82, 2.24) is 4.90 Å². The van der Waals surface area contributed by atoms with Gasteiger partial charge in [0, 0.05) is 30.7 Å². The number of methoxy groups -OCH3 is 1. The summed E-state index contributed by atoms with van der Waals surface area (Å²) in [6, 6.07) is 9.79. The van der Waals surface area contributed by atoms with Crippen LogP contribution in [-0.2, 0) is 14.3 Å². The van der Waals surface area contributed by atoms with E-state index in [0.29, 0.717) is 25.3 Å². The largest absolute Gasteiger partial charge is 0.480 e. The van der Waals surface area contributed by atoms with Crippen LogP contribution < -0.4 is 0 Å². The van der Waals surface area contributed by atoms with Crippen molar-refractivity contribution in [2.45, 2.75) is 11.3 Å². The van der Waals surface area contributed by atoms with E-state index in [2.05, 4.69) is 0 Å². The molecule has 0 spiro atoms. The van der Waals surface area contributed by atoms with Gasteiger partial charge in [-0.3, -0.25) is 9.59 Å². The van der Waals surface area contributed by atoms with E-state index in [1.807, 2.05) is 30.3 Å². The second kappa shape index (κ2) is 9.39. The van der Waals surface area contributed by atoms with Crippen LogP contribution in [0.5, 0.6) is 0 Å². The molecule has 20 heavy (non-hydrogen) atoms. The number of carboxylic acid groups (broad SMARTS) is 1. The highest BCUT2D eigenvalue weighted by molar-refractivity contribution is 7.99. The number of hydrogen-bond donors (Lipinski definition) is 1. The minimum atomic E-state index is -1.01. The van der Waals surface area contributed by atoms with Crippen molar-refractivity contribution in [3.63, 3.8) is 0 Å². The molecule has 6 heteroatoms. The van der Waals surface area contributed by atoms with E-state index in [-0.39, 0.29) is 12.5 Å². The number of ether oxygens (including phenoxy) is 1. The highest BCUT2D eigenvalue weighted by Crippen LogP contribution is 2.18. The summed E-state index contributed by atoms with van der Waals surface area (Å²) < 4.78 is 4.89. The molecule has 0 aromatic heterocycles. The Morgan fingerprint density at radius 1 is 1.30 bits per heavy atom. The molecule has 1 N–H and O–H groups in total. The van der Waals surface area contributed by atoms with Gasteiger partial charge in [0.2, 0.25) is 5.91 Å². The lowest BCUT2D eigenvalue weighted by molar-refractivity contribution is -0.144. The van der Waals surface area contributed by atoms with E-state index < -0.39 is 5.97 Å². The Balaban J connectivity index is 2.38. The Bertz CT molecular complexity index is 424. The number of aliphatic carboxylic acids is 1. The molecular formula is C14H19NO4S. The second-order valence-electron chi connectivity index (χ2n) is 4.11. The van der Waals surface area contributed by atoms with Crippen LogP contribution in [0.1, 0.15) is 6.42 Å². The summed E-state index contributed by atoms with van der Waals surface area (Å²) in [5, 5.41) is 8.80.